The molecule has 0 bridgehead atoms. The highest BCUT2D eigenvalue weighted by Gasteiger charge is 2.45. The maximum absolute atomic E-state index is 12.8. The molecule has 4 nitrogen and oxygen atoms in total. The average molecular weight is 304 g/mol. The summed E-state index contributed by atoms with van der Waals surface area (Å²) in [4.78, 5) is 4.05. The Morgan fingerprint density at radius 2 is 2.00 bits per heavy atom. The van der Waals surface area contributed by atoms with Gasteiger partial charge in [0, 0.05) is 5.56 Å². The van der Waals surface area contributed by atoms with Crippen molar-refractivity contribution < 1.29 is 17.7 Å². The molecule has 1 aliphatic rings. The Labute approximate surface area is 116 Å². The molecular weight excluding hydrogens is 295 g/mol. The quantitative estimate of drug-likeness (QED) is 0.924. The fourth-order valence-electron chi connectivity index (χ4n) is 1.77. The van der Waals surface area contributed by atoms with Gasteiger partial charge in [-0.3, -0.25) is 0 Å². The van der Waals surface area contributed by atoms with Crippen molar-refractivity contribution in [3.63, 3.8) is 0 Å². The van der Waals surface area contributed by atoms with Crippen molar-refractivity contribution in [2.45, 2.75) is 24.6 Å². The smallest absolute Gasteiger partial charge is 0.337 e. The molecule has 1 aliphatic carbocycles. The topological polar surface area (TPSA) is 64.9 Å². The SMILES string of the molecule is NC1(c2nc(-c3ccc(Cl)c(C(F)(F)F)c3)no2)CC1. The lowest BCUT2D eigenvalue weighted by Gasteiger charge is -2.09. The van der Waals surface area contributed by atoms with Crippen molar-refractivity contribution in [1.29, 1.82) is 0 Å². The molecule has 1 saturated carbocycles. The molecule has 3 rings (SSSR count). The molecule has 0 atom stereocenters. The Morgan fingerprint density at radius 3 is 2.60 bits per heavy atom. The number of benzene rings is 1. The Balaban J connectivity index is 2.00. The lowest BCUT2D eigenvalue weighted by Crippen LogP contribution is -2.18. The van der Waals surface area contributed by atoms with Gasteiger partial charge < -0.3 is 10.3 Å². The zero-order chi connectivity index (χ0) is 14.5. The van der Waals surface area contributed by atoms with Crippen molar-refractivity contribution in [2.75, 3.05) is 0 Å². The van der Waals surface area contributed by atoms with Crippen LogP contribution in [-0.4, -0.2) is 10.1 Å². The van der Waals surface area contributed by atoms with Crippen LogP contribution in [0.1, 0.15) is 24.3 Å². The first kappa shape index (κ1) is 13.4. The van der Waals surface area contributed by atoms with E-state index in [0.29, 0.717) is 0 Å². The van der Waals surface area contributed by atoms with Gasteiger partial charge in [-0.05, 0) is 31.0 Å². The monoisotopic (exact) mass is 303 g/mol. The highest BCUT2D eigenvalue weighted by molar-refractivity contribution is 6.31. The van der Waals surface area contributed by atoms with Crippen LogP contribution < -0.4 is 5.73 Å². The molecule has 1 aromatic heterocycles. The van der Waals surface area contributed by atoms with Crippen molar-refractivity contribution >= 4 is 11.6 Å². The van der Waals surface area contributed by atoms with E-state index >= 15 is 0 Å². The molecule has 20 heavy (non-hydrogen) atoms. The van der Waals surface area contributed by atoms with Crippen molar-refractivity contribution in [3.05, 3.63) is 34.7 Å². The van der Waals surface area contributed by atoms with E-state index in [4.69, 9.17) is 21.9 Å². The molecular formula is C12H9ClF3N3O. The molecule has 106 valence electrons. The summed E-state index contributed by atoms with van der Waals surface area (Å²) in [5.74, 6) is 0.315. The van der Waals surface area contributed by atoms with E-state index in [-0.39, 0.29) is 22.3 Å². The van der Waals surface area contributed by atoms with E-state index in [9.17, 15) is 13.2 Å². The van der Waals surface area contributed by atoms with Crippen molar-refractivity contribution in [1.82, 2.24) is 10.1 Å². The summed E-state index contributed by atoms with van der Waals surface area (Å²) in [5, 5.41) is 3.30. The lowest BCUT2D eigenvalue weighted by molar-refractivity contribution is -0.137. The largest absolute Gasteiger partial charge is 0.417 e. The Bertz CT molecular complexity index is 664. The summed E-state index contributed by atoms with van der Waals surface area (Å²) in [7, 11) is 0. The molecule has 0 amide bonds. The second-order valence-corrected chi connectivity index (χ2v) is 5.18. The number of nitrogens with two attached hydrogens (primary N) is 1. The molecule has 1 aromatic carbocycles. The minimum atomic E-state index is -4.54. The van der Waals surface area contributed by atoms with Gasteiger partial charge >= 0.3 is 6.18 Å². The van der Waals surface area contributed by atoms with Crippen molar-refractivity contribution in [3.8, 4) is 11.4 Å². The predicted octanol–water partition coefficient (Wildman–Crippen LogP) is 3.36. The number of alkyl halides is 3. The van der Waals surface area contributed by atoms with Crippen LogP contribution in [0, 0.1) is 0 Å². The standard InChI is InChI=1S/C12H9ClF3N3O/c13-8-2-1-6(5-7(8)12(14,15)16)9-18-10(20-19-9)11(17)3-4-11/h1-2,5H,3-4,17H2. The number of rotatable bonds is 2. The lowest BCUT2D eigenvalue weighted by atomic mass is 10.1. The molecule has 1 fully saturated rings. The number of hydrogen-bond donors (Lipinski definition) is 1. The number of hydrogen-bond acceptors (Lipinski definition) is 4. The van der Waals surface area contributed by atoms with E-state index < -0.39 is 17.3 Å². The maximum Gasteiger partial charge on any atom is 0.417 e. The molecule has 0 spiro atoms. The van der Waals surface area contributed by atoms with Crippen LogP contribution in [-0.2, 0) is 11.7 Å². The Kier molecular flexibility index (Phi) is 2.81. The maximum atomic E-state index is 12.8. The fourth-order valence-corrected chi connectivity index (χ4v) is 2.00. The van der Waals surface area contributed by atoms with Crippen LogP contribution in [0.3, 0.4) is 0 Å². The molecule has 0 radical (unpaired) electrons. The molecule has 0 saturated heterocycles. The van der Waals surface area contributed by atoms with Gasteiger partial charge in [0.2, 0.25) is 11.7 Å². The third-order valence-electron chi connectivity index (χ3n) is 3.17. The third kappa shape index (κ3) is 2.27. The van der Waals surface area contributed by atoms with E-state index in [1.165, 1.54) is 6.07 Å². The van der Waals surface area contributed by atoms with Gasteiger partial charge in [0.15, 0.2) is 0 Å². The normalized spacial score (nSPS) is 17.2. The summed E-state index contributed by atoms with van der Waals surface area (Å²) < 4.78 is 43.3. The first-order chi connectivity index (χ1) is 9.29. The van der Waals surface area contributed by atoms with Crippen LogP contribution in [0.15, 0.2) is 22.7 Å². The van der Waals surface area contributed by atoms with Gasteiger partial charge in [0.25, 0.3) is 0 Å². The molecule has 2 N–H and O–H groups in total. The second-order valence-electron chi connectivity index (χ2n) is 4.77. The fraction of sp³-hybridized carbons (Fsp3) is 0.333. The van der Waals surface area contributed by atoms with Crippen LogP contribution in [0.5, 0.6) is 0 Å². The Hall–Kier alpha value is -1.60. The predicted molar refractivity (Wildman–Crippen MR) is 64.8 cm³/mol. The summed E-state index contributed by atoms with van der Waals surface area (Å²) in [6.45, 7) is 0. The number of nitrogens with zero attached hydrogens (tertiary/aromatic N) is 2. The van der Waals surface area contributed by atoms with Gasteiger partial charge in [0.1, 0.15) is 0 Å². The molecule has 2 aromatic rings. The number of aromatic nitrogens is 2. The van der Waals surface area contributed by atoms with E-state index in [2.05, 4.69) is 10.1 Å². The van der Waals surface area contributed by atoms with Crippen LogP contribution in [0.25, 0.3) is 11.4 Å². The summed E-state index contributed by atoms with van der Waals surface area (Å²) >= 11 is 5.55. The summed E-state index contributed by atoms with van der Waals surface area (Å²) in [6.07, 6.45) is -3.09. The van der Waals surface area contributed by atoms with E-state index in [1.807, 2.05) is 0 Å². The Morgan fingerprint density at radius 1 is 1.30 bits per heavy atom. The van der Waals surface area contributed by atoms with Crippen LogP contribution >= 0.6 is 11.6 Å². The summed E-state index contributed by atoms with van der Waals surface area (Å²) in [6, 6.07) is 3.46. The zero-order valence-corrected chi connectivity index (χ0v) is 10.8. The van der Waals surface area contributed by atoms with E-state index in [1.54, 1.807) is 0 Å². The third-order valence-corrected chi connectivity index (χ3v) is 3.50. The first-order valence-corrected chi connectivity index (χ1v) is 6.18. The van der Waals surface area contributed by atoms with Gasteiger partial charge in [-0.25, -0.2) is 0 Å². The molecule has 1 heterocycles. The molecule has 0 aliphatic heterocycles. The minimum absolute atomic E-state index is 0.0684. The molecule has 8 heteroatoms. The van der Waals surface area contributed by atoms with Crippen LogP contribution in [0.2, 0.25) is 5.02 Å². The first-order valence-electron chi connectivity index (χ1n) is 5.80. The van der Waals surface area contributed by atoms with E-state index in [0.717, 1.165) is 25.0 Å². The number of halogens is 4. The van der Waals surface area contributed by atoms with Gasteiger partial charge in [-0.2, -0.15) is 18.2 Å². The summed E-state index contributed by atoms with van der Waals surface area (Å²) in [5.41, 5.74) is 4.51. The second kappa shape index (κ2) is 4.20. The van der Waals surface area contributed by atoms with Gasteiger partial charge in [-0.1, -0.05) is 16.8 Å². The van der Waals surface area contributed by atoms with Crippen LogP contribution in [0.4, 0.5) is 13.2 Å². The highest BCUT2D eigenvalue weighted by Crippen LogP contribution is 2.42. The van der Waals surface area contributed by atoms with Gasteiger partial charge in [-0.15, -0.1) is 0 Å². The molecule has 0 unspecified atom stereocenters. The zero-order valence-electron chi connectivity index (χ0n) is 10.0. The van der Waals surface area contributed by atoms with Crippen molar-refractivity contribution in [2.24, 2.45) is 5.73 Å². The minimum Gasteiger partial charge on any atom is -0.337 e. The van der Waals surface area contributed by atoms with Gasteiger partial charge in [0.05, 0.1) is 16.1 Å². The average Bonchev–Trinajstić information content (AvgIpc) is 2.92. The highest BCUT2D eigenvalue weighted by atomic mass is 35.5.